The van der Waals surface area contributed by atoms with Crippen molar-refractivity contribution in [2.45, 2.75) is 0 Å². The molecule has 0 unspecified atom stereocenters. The number of thiophene rings is 1. The number of rotatable bonds is 2. The molecule has 0 atom stereocenters. The Morgan fingerprint density at radius 3 is 2.80 bits per heavy atom. The van der Waals surface area contributed by atoms with Crippen LogP contribution in [0.2, 0.25) is 0 Å². The van der Waals surface area contributed by atoms with Crippen molar-refractivity contribution in [3.8, 4) is 0 Å². The van der Waals surface area contributed by atoms with Crippen LogP contribution in [0.1, 0.15) is 10.4 Å². The Morgan fingerprint density at radius 1 is 1.25 bits per heavy atom. The highest BCUT2D eigenvalue weighted by Gasteiger charge is 2.19. The summed E-state index contributed by atoms with van der Waals surface area (Å²) < 4.78 is 0. The summed E-state index contributed by atoms with van der Waals surface area (Å²) in [6.07, 6.45) is 0. The lowest BCUT2D eigenvalue weighted by Gasteiger charge is -2.08. The van der Waals surface area contributed by atoms with Crippen LogP contribution in [-0.4, -0.2) is 30.1 Å². The van der Waals surface area contributed by atoms with Crippen LogP contribution in [0, 0.1) is 4.91 Å². The molecule has 5 nitrogen and oxygen atoms in total. The summed E-state index contributed by atoms with van der Waals surface area (Å²) in [5, 5.41) is 6.09. The Morgan fingerprint density at radius 2 is 2.05 bits per heavy atom. The van der Waals surface area contributed by atoms with E-state index in [1.165, 1.54) is 5.01 Å². The number of benzene rings is 1. The van der Waals surface area contributed by atoms with E-state index >= 15 is 0 Å². The fraction of sp³-hybridized carbons (Fsp3) is 0.143. The molecule has 1 aromatic heterocycles. The minimum Gasteiger partial charge on any atom is -0.275 e. The molecule has 0 radical (unpaired) electrons. The first kappa shape index (κ1) is 12.7. The molecule has 1 aliphatic rings. The second-order valence-electron chi connectivity index (χ2n) is 4.30. The second-order valence-corrected chi connectivity index (χ2v) is 5.22. The molecule has 0 aliphatic carbocycles. The third-order valence-corrected chi connectivity index (χ3v) is 3.94. The Balaban J connectivity index is 2.09. The quantitative estimate of drug-likeness (QED) is 0.628. The largest absolute Gasteiger partial charge is 0.275 e. The van der Waals surface area contributed by atoms with Gasteiger partial charge < -0.3 is 0 Å². The highest BCUT2D eigenvalue weighted by atomic mass is 32.1. The summed E-state index contributed by atoms with van der Waals surface area (Å²) in [5.41, 5.74) is 2.80. The molecule has 2 aromatic rings. The summed E-state index contributed by atoms with van der Waals surface area (Å²) in [7, 11) is 1.58. The predicted molar refractivity (Wildman–Crippen MR) is 81.9 cm³/mol. The SMILES string of the molecule is CN(N=O)C1=Nc2ccsc2C(c2ccccc2)=NC1. The van der Waals surface area contributed by atoms with Crippen molar-refractivity contribution in [3.05, 3.63) is 57.1 Å². The number of amidine groups is 1. The molecule has 0 saturated carbocycles. The molecule has 0 bridgehead atoms. The molecule has 20 heavy (non-hydrogen) atoms. The van der Waals surface area contributed by atoms with Gasteiger partial charge in [-0.1, -0.05) is 30.3 Å². The minimum absolute atomic E-state index is 0.341. The lowest BCUT2D eigenvalue weighted by Crippen LogP contribution is -2.23. The summed E-state index contributed by atoms with van der Waals surface area (Å²) in [6, 6.07) is 11.9. The van der Waals surface area contributed by atoms with Crippen LogP contribution < -0.4 is 0 Å². The van der Waals surface area contributed by atoms with Crippen molar-refractivity contribution in [3.63, 3.8) is 0 Å². The molecular weight excluding hydrogens is 272 g/mol. The zero-order valence-electron chi connectivity index (χ0n) is 10.9. The maximum absolute atomic E-state index is 10.7. The average molecular weight is 284 g/mol. The molecule has 1 aromatic carbocycles. The highest BCUT2D eigenvalue weighted by molar-refractivity contribution is 7.13. The van der Waals surface area contributed by atoms with Gasteiger partial charge in [-0.3, -0.25) is 4.99 Å². The monoisotopic (exact) mass is 284 g/mol. The normalized spacial score (nSPS) is 13.8. The number of likely N-dealkylation sites (N-methyl/N-ethyl adjacent to an activating group) is 1. The maximum atomic E-state index is 10.7. The van der Waals surface area contributed by atoms with Gasteiger partial charge in [-0.2, -0.15) is 0 Å². The molecule has 100 valence electrons. The van der Waals surface area contributed by atoms with Crippen LogP contribution >= 0.6 is 11.3 Å². The Labute approximate surface area is 120 Å². The van der Waals surface area contributed by atoms with E-state index in [0.717, 1.165) is 21.8 Å². The van der Waals surface area contributed by atoms with Crippen molar-refractivity contribution in [1.82, 2.24) is 5.01 Å². The molecule has 3 rings (SSSR count). The van der Waals surface area contributed by atoms with Crippen molar-refractivity contribution < 1.29 is 0 Å². The van der Waals surface area contributed by atoms with E-state index in [1.54, 1.807) is 18.4 Å². The average Bonchev–Trinajstić information content (AvgIpc) is 2.87. The number of nitrogens with zero attached hydrogens (tertiary/aromatic N) is 4. The van der Waals surface area contributed by atoms with Gasteiger partial charge in [0.25, 0.3) is 0 Å². The van der Waals surface area contributed by atoms with Crippen LogP contribution in [0.15, 0.2) is 57.0 Å². The van der Waals surface area contributed by atoms with Crippen molar-refractivity contribution in [2.75, 3.05) is 13.6 Å². The molecule has 0 saturated heterocycles. The number of nitroso groups, excluding NO2 is 1. The second kappa shape index (κ2) is 5.34. The molecule has 1 aliphatic heterocycles. The van der Waals surface area contributed by atoms with E-state index in [4.69, 9.17) is 0 Å². The third-order valence-electron chi connectivity index (χ3n) is 3.03. The van der Waals surface area contributed by atoms with Gasteiger partial charge in [0.05, 0.1) is 28.1 Å². The zero-order valence-corrected chi connectivity index (χ0v) is 11.7. The lowest BCUT2D eigenvalue weighted by molar-refractivity contribution is 0.529. The standard InChI is InChI=1S/C14H12N4OS/c1-18(17-19)12-9-15-13(10-5-3-2-4-6-10)14-11(16-12)7-8-20-14/h2-8H,9H2,1H3. The number of fused-ring (bicyclic) bond motifs is 1. The van der Waals surface area contributed by atoms with E-state index in [1.807, 2.05) is 41.8 Å². The molecule has 0 amide bonds. The predicted octanol–water partition coefficient (Wildman–Crippen LogP) is 3.24. The van der Waals surface area contributed by atoms with Crippen molar-refractivity contribution in [1.29, 1.82) is 0 Å². The summed E-state index contributed by atoms with van der Waals surface area (Å²) in [4.78, 5) is 20.8. The third kappa shape index (κ3) is 2.25. The van der Waals surface area contributed by atoms with Crippen LogP contribution in [0.3, 0.4) is 0 Å². The van der Waals surface area contributed by atoms with Gasteiger partial charge in [-0.25, -0.2) is 10.0 Å². The maximum Gasteiger partial charge on any atom is 0.150 e. The zero-order chi connectivity index (χ0) is 13.9. The molecular formula is C14H12N4OS. The first-order chi connectivity index (χ1) is 9.79. The lowest BCUT2D eigenvalue weighted by atomic mass is 10.1. The summed E-state index contributed by atoms with van der Waals surface area (Å²) in [5.74, 6) is 0.547. The van der Waals surface area contributed by atoms with E-state index in [-0.39, 0.29) is 0 Å². The first-order valence-corrected chi connectivity index (χ1v) is 7.00. The Kier molecular flexibility index (Phi) is 3.39. The molecule has 0 fully saturated rings. The number of hydrogen-bond donors (Lipinski definition) is 0. The van der Waals surface area contributed by atoms with E-state index in [0.29, 0.717) is 12.4 Å². The minimum atomic E-state index is 0.341. The highest BCUT2D eigenvalue weighted by Crippen LogP contribution is 2.30. The topological polar surface area (TPSA) is 57.4 Å². The van der Waals surface area contributed by atoms with Gasteiger partial charge in [-0.05, 0) is 11.4 Å². The van der Waals surface area contributed by atoms with E-state index in [2.05, 4.69) is 15.3 Å². The summed E-state index contributed by atoms with van der Waals surface area (Å²) >= 11 is 1.60. The van der Waals surface area contributed by atoms with Gasteiger partial charge in [0, 0.05) is 12.6 Å². The van der Waals surface area contributed by atoms with Gasteiger partial charge >= 0.3 is 0 Å². The molecule has 0 spiro atoms. The Bertz CT molecular complexity index is 690. The molecule has 0 N–H and O–H groups in total. The number of hydrogen-bond acceptors (Lipinski definition) is 5. The first-order valence-electron chi connectivity index (χ1n) is 6.12. The van der Waals surface area contributed by atoms with E-state index in [9.17, 15) is 4.91 Å². The van der Waals surface area contributed by atoms with Gasteiger partial charge in [0.1, 0.15) is 5.84 Å². The van der Waals surface area contributed by atoms with Crippen molar-refractivity contribution >= 4 is 28.6 Å². The van der Waals surface area contributed by atoms with E-state index < -0.39 is 0 Å². The van der Waals surface area contributed by atoms with Gasteiger partial charge in [0.2, 0.25) is 0 Å². The number of aliphatic imine (C=N–C) groups is 2. The van der Waals surface area contributed by atoms with Crippen LogP contribution in [-0.2, 0) is 0 Å². The van der Waals surface area contributed by atoms with Gasteiger partial charge in [0.15, 0.2) is 0 Å². The molecule has 2 heterocycles. The fourth-order valence-corrected chi connectivity index (χ4v) is 2.87. The van der Waals surface area contributed by atoms with Crippen molar-refractivity contribution in [2.24, 2.45) is 15.3 Å². The van der Waals surface area contributed by atoms with Crippen LogP contribution in [0.5, 0.6) is 0 Å². The summed E-state index contributed by atoms with van der Waals surface area (Å²) in [6.45, 7) is 0.341. The van der Waals surface area contributed by atoms with Crippen LogP contribution in [0.25, 0.3) is 0 Å². The Hall–Kier alpha value is -2.34. The smallest absolute Gasteiger partial charge is 0.150 e. The van der Waals surface area contributed by atoms with Gasteiger partial charge in [-0.15, -0.1) is 16.2 Å². The van der Waals surface area contributed by atoms with Crippen LogP contribution in [0.4, 0.5) is 5.69 Å². The molecule has 6 heteroatoms. The fourth-order valence-electron chi connectivity index (χ4n) is 2.00.